The van der Waals surface area contributed by atoms with Gasteiger partial charge < -0.3 is 0 Å². The van der Waals surface area contributed by atoms with Gasteiger partial charge >= 0.3 is 0 Å². The first-order valence-corrected chi connectivity index (χ1v) is 6.17. The molecule has 4 heteroatoms. The Labute approximate surface area is 109 Å². The predicted octanol–water partition coefficient (Wildman–Crippen LogP) is 3.90. The Bertz CT molecular complexity index is 671. The lowest BCUT2D eigenvalue weighted by atomic mass is 10.0. The van der Waals surface area contributed by atoms with Crippen molar-refractivity contribution < 1.29 is 0 Å². The molecule has 0 unspecified atom stereocenters. The molecule has 1 aliphatic carbocycles. The van der Waals surface area contributed by atoms with E-state index in [1.54, 1.807) is 12.1 Å². The Balaban J connectivity index is 2.50. The molecule has 84 valence electrons. The fraction of sp³-hybridized carbons (Fsp3) is 0.231. The third-order valence-electron chi connectivity index (χ3n) is 3.15. The van der Waals surface area contributed by atoms with Crippen LogP contribution in [0.1, 0.15) is 23.2 Å². The molecular formula is C13H8Cl2N2. The van der Waals surface area contributed by atoms with Crippen LogP contribution in [0.2, 0.25) is 10.0 Å². The molecular weight excluding hydrogens is 255 g/mol. The number of fused-ring (bicyclic) bond motifs is 2. The Morgan fingerprint density at radius 2 is 2.06 bits per heavy atom. The van der Waals surface area contributed by atoms with Crippen LogP contribution in [0.15, 0.2) is 12.1 Å². The number of nitrogens with zero attached hydrogens (tertiary/aromatic N) is 2. The maximum Gasteiger partial charge on any atom is 0.100 e. The lowest BCUT2D eigenvalue weighted by Crippen LogP contribution is -1.96. The zero-order valence-corrected chi connectivity index (χ0v) is 10.4. The molecule has 0 saturated heterocycles. The first-order chi connectivity index (χ1) is 8.20. The molecule has 0 fully saturated rings. The highest BCUT2D eigenvalue weighted by Gasteiger charge is 2.20. The molecule has 2 aromatic rings. The van der Waals surface area contributed by atoms with E-state index in [-0.39, 0.29) is 0 Å². The van der Waals surface area contributed by atoms with Gasteiger partial charge in [0.1, 0.15) is 6.07 Å². The van der Waals surface area contributed by atoms with Gasteiger partial charge in [0.2, 0.25) is 0 Å². The van der Waals surface area contributed by atoms with E-state index in [0.29, 0.717) is 21.1 Å². The van der Waals surface area contributed by atoms with Crippen molar-refractivity contribution in [2.75, 3.05) is 0 Å². The topological polar surface area (TPSA) is 36.7 Å². The summed E-state index contributed by atoms with van der Waals surface area (Å²) in [6, 6.07) is 5.71. The first-order valence-electron chi connectivity index (χ1n) is 5.41. The molecule has 0 spiro atoms. The molecule has 1 aromatic heterocycles. The fourth-order valence-corrected chi connectivity index (χ4v) is 2.95. The molecule has 1 heterocycles. The van der Waals surface area contributed by atoms with E-state index in [0.717, 1.165) is 35.9 Å². The minimum Gasteiger partial charge on any atom is -0.251 e. The number of rotatable bonds is 0. The van der Waals surface area contributed by atoms with Gasteiger partial charge in [0.25, 0.3) is 0 Å². The van der Waals surface area contributed by atoms with E-state index in [1.165, 1.54) is 0 Å². The molecule has 3 rings (SSSR count). The number of aryl methyl sites for hydroxylation is 1. The summed E-state index contributed by atoms with van der Waals surface area (Å²) in [7, 11) is 0. The van der Waals surface area contributed by atoms with Crippen molar-refractivity contribution in [2.24, 2.45) is 0 Å². The first kappa shape index (κ1) is 10.8. The summed E-state index contributed by atoms with van der Waals surface area (Å²) in [5.74, 6) is 0. The molecule has 0 radical (unpaired) electrons. The lowest BCUT2D eigenvalue weighted by molar-refractivity contribution is 0.901. The van der Waals surface area contributed by atoms with Gasteiger partial charge in [-0.25, -0.2) is 0 Å². The number of aromatic nitrogens is 1. The maximum atomic E-state index is 9.32. The van der Waals surface area contributed by atoms with Crippen molar-refractivity contribution >= 4 is 34.1 Å². The summed E-state index contributed by atoms with van der Waals surface area (Å²) in [6.07, 6.45) is 2.91. The third-order valence-corrected chi connectivity index (χ3v) is 3.65. The summed E-state index contributed by atoms with van der Waals surface area (Å²) in [5, 5.41) is 11.1. The van der Waals surface area contributed by atoms with E-state index < -0.39 is 0 Å². The molecule has 0 amide bonds. The molecule has 0 saturated carbocycles. The molecule has 0 aliphatic heterocycles. The van der Waals surface area contributed by atoms with Gasteiger partial charge in [-0.05, 0) is 37.0 Å². The molecule has 2 nitrogen and oxygen atoms in total. The zero-order chi connectivity index (χ0) is 12.0. The van der Waals surface area contributed by atoms with Crippen LogP contribution in [0.25, 0.3) is 10.9 Å². The minimum absolute atomic E-state index is 0.513. The van der Waals surface area contributed by atoms with Crippen molar-refractivity contribution in [3.8, 4) is 6.07 Å². The Morgan fingerprint density at radius 3 is 2.82 bits per heavy atom. The van der Waals surface area contributed by atoms with E-state index >= 15 is 0 Å². The average molecular weight is 263 g/mol. The van der Waals surface area contributed by atoms with Crippen molar-refractivity contribution in [2.45, 2.75) is 19.3 Å². The van der Waals surface area contributed by atoms with Crippen LogP contribution in [0, 0.1) is 11.3 Å². The lowest BCUT2D eigenvalue weighted by Gasteiger charge is -2.08. The van der Waals surface area contributed by atoms with Crippen molar-refractivity contribution in [1.29, 1.82) is 5.26 Å². The summed E-state index contributed by atoms with van der Waals surface area (Å²) in [6.45, 7) is 0. The Kier molecular flexibility index (Phi) is 2.47. The zero-order valence-electron chi connectivity index (χ0n) is 8.93. The normalized spacial score (nSPS) is 13.7. The van der Waals surface area contributed by atoms with E-state index in [2.05, 4.69) is 11.1 Å². The van der Waals surface area contributed by atoms with Crippen LogP contribution in [0.4, 0.5) is 0 Å². The highest BCUT2D eigenvalue weighted by atomic mass is 35.5. The highest BCUT2D eigenvalue weighted by molar-refractivity contribution is 6.38. The van der Waals surface area contributed by atoms with Gasteiger partial charge in [0, 0.05) is 16.1 Å². The largest absolute Gasteiger partial charge is 0.251 e. The average Bonchev–Trinajstić information content (AvgIpc) is 2.74. The fourth-order valence-electron chi connectivity index (χ4n) is 2.42. The summed E-state index contributed by atoms with van der Waals surface area (Å²) >= 11 is 12.1. The summed E-state index contributed by atoms with van der Waals surface area (Å²) in [5.41, 5.74) is 3.46. The number of pyridine rings is 1. The van der Waals surface area contributed by atoms with Crippen molar-refractivity contribution in [3.05, 3.63) is 39.0 Å². The molecule has 1 aromatic carbocycles. The highest BCUT2D eigenvalue weighted by Crippen LogP contribution is 2.34. The number of nitriles is 1. The number of hydrogen-bond donors (Lipinski definition) is 0. The second-order valence-electron chi connectivity index (χ2n) is 4.16. The quantitative estimate of drug-likeness (QED) is 0.722. The van der Waals surface area contributed by atoms with Gasteiger partial charge in [0.05, 0.1) is 16.1 Å². The van der Waals surface area contributed by atoms with Crippen LogP contribution in [-0.2, 0) is 12.8 Å². The van der Waals surface area contributed by atoms with Crippen LogP contribution >= 0.6 is 23.2 Å². The van der Waals surface area contributed by atoms with Crippen LogP contribution < -0.4 is 0 Å². The van der Waals surface area contributed by atoms with Crippen molar-refractivity contribution in [1.82, 2.24) is 4.98 Å². The van der Waals surface area contributed by atoms with Crippen LogP contribution in [0.5, 0.6) is 0 Å². The Hall–Kier alpha value is -1.30. The van der Waals surface area contributed by atoms with E-state index in [4.69, 9.17) is 23.2 Å². The molecule has 1 aliphatic rings. The smallest absolute Gasteiger partial charge is 0.100 e. The number of halogens is 2. The van der Waals surface area contributed by atoms with Crippen LogP contribution in [-0.4, -0.2) is 4.98 Å². The number of hydrogen-bond acceptors (Lipinski definition) is 2. The van der Waals surface area contributed by atoms with Gasteiger partial charge in [-0.3, -0.25) is 4.98 Å². The van der Waals surface area contributed by atoms with Gasteiger partial charge in [-0.2, -0.15) is 5.26 Å². The predicted molar refractivity (Wildman–Crippen MR) is 68.5 cm³/mol. The molecule has 17 heavy (non-hydrogen) atoms. The standard InChI is InChI=1S/C13H8Cl2N2/c14-7-4-9-10(6-16)8-2-1-3-12(8)17-13(9)11(15)5-7/h4-5H,1-3H2. The summed E-state index contributed by atoms with van der Waals surface area (Å²) < 4.78 is 0. The summed E-state index contributed by atoms with van der Waals surface area (Å²) in [4.78, 5) is 4.56. The van der Waals surface area contributed by atoms with Gasteiger partial charge in [0.15, 0.2) is 0 Å². The Morgan fingerprint density at radius 1 is 1.24 bits per heavy atom. The monoisotopic (exact) mass is 262 g/mol. The molecule has 0 atom stereocenters. The second-order valence-corrected chi connectivity index (χ2v) is 5.00. The maximum absolute atomic E-state index is 9.32. The molecule has 0 N–H and O–H groups in total. The van der Waals surface area contributed by atoms with Gasteiger partial charge in [-0.15, -0.1) is 0 Å². The van der Waals surface area contributed by atoms with E-state index in [1.807, 2.05) is 0 Å². The van der Waals surface area contributed by atoms with Crippen molar-refractivity contribution in [3.63, 3.8) is 0 Å². The van der Waals surface area contributed by atoms with Crippen LogP contribution in [0.3, 0.4) is 0 Å². The number of benzene rings is 1. The van der Waals surface area contributed by atoms with Gasteiger partial charge in [-0.1, -0.05) is 23.2 Å². The second kappa shape index (κ2) is 3.87. The molecule has 0 bridgehead atoms. The SMILES string of the molecule is N#Cc1c2c(nc3c(Cl)cc(Cl)cc13)CCC2. The third kappa shape index (κ3) is 1.58. The minimum atomic E-state index is 0.513. The van der Waals surface area contributed by atoms with E-state index in [9.17, 15) is 5.26 Å².